The zero-order chi connectivity index (χ0) is 11.1. The van der Waals surface area contributed by atoms with Gasteiger partial charge in [0.2, 0.25) is 0 Å². The van der Waals surface area contributed by atoms with E-state index >= 15 is 0 Å². The van der Waals surface area contributed by atoms with Crippen molar-refractivity contribution in [3.05, 3.63) is 11.4 Å². The smallest absolute Gasteiger partial charge is 0.0859 e. The van der Waals surface area contributed by atoms with E-state index in [0.29, 0.717) is 6.04 Å². The molecule has 0 saturated heterocycles. The first kappa shape index (κ1) is 10.3. The maximum atomic E-state index is 4.39. The molecule has 0 aliphatic heterocycles. The maximum absolute atomic E-state index is 4.39. The molecule has 1 aromatic heterocycles. The van der Waals surface area contributed by atoms with Gasteiger partial charge in [-0.05, 0) is 57.3 Å². The third kappa shape index (κ3) is 1.66. The molecule has 1 aromatic rings. The molecule has 1 heterocycles. The van der Waals surface area contributed by atoms with Crippen molar-refractivity contribution in [2.75, 3.05) is 0 Å². The number of aromatic nitrogens is 3. The zero-order valence-corrected chi connectivity index (χ0v) is 10.3. The second kappa shape index (κ2) is 3.86. The topological polar surface area (TPSA) is 30.7 Å². The molecule has 2 aliphatic carbocycles. The van der Waals surface area contributed by atoms with Crippen LogP contribution in [0, 0.1) is 11.8 Å². The molecule has 1 saturated carbocycles. The molecule has 0 N–H and O–H groups in total. The van der Waals surface area contributed by atoms with E-state index in [1.165, 1.54) is 37.1 Å². The average Bonchev–Trinajstić information content (AvgIpc) is 2.89. The SMILES string of the molecule is CCC(C)n1nnc2c1CCC1CC1CC2. The minimum Gasteiger partial charge on any atom is -0.246 e. The lowest BCUT2D eigenvalue weighted by Crippen LogP contribution is -2.12. The Kier molecular flexibility index (Phi) is 2.49. The fourth-order valence-electron chi connectivity index (χ4n) is 2.99. The van der Waals surface area contributed by atoms with E-state index in [2.05, 4.69) is 28.8 Å². The van der Waals surface area contributed by atoms with Crippen LogP contribution in [0.3, 0.4) is 0 Å². The molecule has 16 heavy (non-hydrogen) atoms. The predicted octanol–water partition coefficient (Wildman–Crippen LogP) is 2.76. The van der Waals surface area contributed by atoms with Crippen LogP contribution in [0.25, 0.3) is 0 Å². The quantitative estimate of drug-likeness (QED) is 0.765. The normalized spacial score (nSPS) is 29.9. The maximum Gasteiger partial charge on any atom is 0.0859 e. The average molecular weight is 219 g/mol. The fraction of sp³-hybridized carbons (Fsp3) is 0.846. The summed E-state index contributed by atoms with van der Waals surface area (Å²) in [6.07, 6.45) is 7.68. The Hall–Kier alpha value is -0.860. The van der Waals surface area contributed by atoms with Gasteiger partial charge < -0.3 is 0 Å². The highest BCUT2D eigenvalue weighted by Gasteiger charge is 2.38. The number of rotatable bonds is 2. The third-order valence-electron chi connectivity index (χ3n) is 4.45. The monoisotopic (exact) mass is 219 g/mol. The Morgan fingerprint density at radius 2 is 2.06 bits per heavy atom. The lowest BCUT2D eigenvalue weighted by molar-refractivity contribution is 0.441. The molecule has 0 spiro atoms. The van der Waals surface area contributed by atoms with Crippen LogP contribution in [0.4, 0.5) is 0 Å². The van der Waals surface area contributed by atoms with Crippen LogP contribution in [0.5, 0.6) is 0 Å². The minimum absolute atomic E-state index is 0.505. The van der Waals surface area contributed by atoms with Gasteiger partial charge in [-0.1, -0.05) is 12.1 Å². The Balaban J connectivity index is 1.87. The standard InChI is InChI=1S/C13H21N3/c1-3-9(2)16-13-7-5-11-8-10(11)4-6-12(13)14-15-16/h9-11H,3-8H2,1-2H3. The fourth-order valence-corrected chi connectivity index (χ4v) is 2.99. The number of fused-ring (bicyclic) bond motifs is 2. The Morgan fingerprint density at radius 3 is 2.81 bits per heavy atom. The van der Waals surface area contributed by atoms with Crippen molar-refractivity contribution in [1.82, 2.24) is 15.0 Å². The molecule has 2 aliphatic rings. The summed E-state index contributed by atoms with van der Waals surface area (Å²) in [5.74, 6) is 2.04. The first-order valence-corrected chi connectivity index (χ1v) is 6.72. The second-order valence-corrected chi connectivity index (χ2v) is 5.52. The van der Waals surface area contributed by atoms with E-state index in [-0.39, 0.29) is 0 Å². The van der Waals surface area contributed by atoms with Gasteiger partial charge in [0.15, 0.2) is 0 Å². The van der Waals surface area contributed by atoms with Gasteiger partial charge >= 0.3 is 0 Å². The summed E-state index contributed by atoms with van der Waals surface area (Å²) < 4.78 is 2.18. The van der Waals surface area contributed by atoms with Crippen LogP contribution in [-0.4, -0.2) is 15.0 Å². The molecule has 0 bridgehead atoms. The Morgan fingerprint density at radius 1 is 1.31 bits per heavy atom. The van der Waals surface area contributed by atoms with Gasteiger partial charge in [0.25, 0.3) is 0 Å². The second-order valence-electron chi connectivity index (χ2n) is 5.52. The molecule has 0 aromatic carbocycles. The highest BCUT2D eigenvalue weighted by atomic mass is 15.4. The molecule has 88 valence electrons. The summed E-state index contributed by atoms with van der Waals surface area (Å²) in [6.45, 7) is 4.46. The molecule has 3 heteroatoms. The minimum atomic E-state index is 0.505. The molecule has 3 rings (SSSR count). The summed E-state index contributed by atoms with van der Waals surface area (Å²) in [4.78, 5) is 0. The van der Waals surface area contributed by atoms with Crippen LogP contribution in [0.2, 0.25) is 0 Å². The summed E-state index contributed by atoms with van der Waals surface area (Å²) >= 11 is 0. The van der Waals surface area contributed by atoms with Gasteiger partial charge in [0.1, 0.15) is 0 Å². The zero-order valence-electron chi connectivity index (χ0n) is 10.3. The van der Waals surface area contributed by atoms with Gasteiger partial charge in [0.05, 0.1) is 17.4 Å². The lowest BCUT2D eigenvalue weighted by Gasteiger charge is -2.14. The Bertz CT molecular complexity index is 383. The van der Waals surface area contributed by atoms with Crippen molar-refractivity contribution >= 4 is 0 Å². The summed E-state index contributed by atoms with van der Waals surface area (Å²) in [5, 5.41) is 8.75. The van der Waals surface area contributed by atoms with Crippen LogP contribution < -0.4 is 0 Å². The van der Waals surface area contributed by atoms with Gasteiger partial charge in [-0.25, -0.2) is 4.68 Å². The molecule has 0 radical (unpaired) electrons. The molecule has 0 amide bonds. The summed E-state index contributed by atoms with van der Waals surface area (Å²) in [6, 6.07) is 0.505. The van der Waals surface area contributed by atoms with Gasteiger partial charge in [-0.15, -0.1) is 5.10 Å². The molecular weight excluding hydrogens is 198 g/mol. The first-order chi connectivity index (χ1) is 7.79. The highest BCUT2D eigenvalue weighted by Crippen LogP contribution is 2.46. The van der Waals surface area contributed by atoms with Crippen molar-refractivity contribution in [3.8, 4) is 0 Å². The van der Waals surface area contributed by atoms with E-state index in [1.807, 2.05) is 0 Å². The van der Waals surface area contributed by atoms with Crippen molar-refractivity contribution in [2.24, 2.45) is 11.8 Å². The molecule has 3 unspecified atom stereocenters. The van der Waals surface area contributed by atoms with E-state index in [0.717, 1.165) is 24.7 Å². The van der Waals surface area contributed by atoms with Crippen LogP contribution >= 0.6 is 0 Å². The predicted molar refractivity (Wildman–Crippen MR) is 63.3 cm³/mol. The molecular formula is C13H21N3. The summed E-state index contributed by atoms with van der Waals surface area (Å²) in [7, 11) is 0. The van der Waals surface area contributed by atoms with E-state index in [1.54, 1.807) is 0 Å². The van der Waals surface area contributed by atoms with Gasteiger partial charge in [-0.3, -0.25) is 0 Å². The largest absolute Gasteiger partial charge is 0.246 e. The first-order valence-electron chi connectivity index (χ1n) is 6.72. The van der Waals surface area contributed by atoms with E-state index in [9.17, 15) is 0 Å². The number of aryl methyl sites for hydroxylation is 1. The van der Waals surface area contributed by atoms with Crippen molar-refractivity contribution < 1.29 is 0 Å². The van der Waals surface area contributed by atoms with E-state index < -0.39 is 0 Å². The number of nitrogens with zero attached hydrogens (tertiary/aromatic N) is 3. The van der Waals surface area contributed by atoms with Crippen LogP contribution in [-0.2, 0) is 12.8 Å². The van der Waals surface area contributed by atoms with Gasteiger partial charge in [-0.2, -0.15) is 0 Å². The third-order valence-corrected chi connectivity index (χ3v) is 4.45. The number of hydrogen-bond acceptors (Lipinski definition) is 2. The van der Waals surface area contributed by atoms with E-state index in [4.69, 9.17) is 0 Å². The molecule has 3 atom stereocenters. The molecule has 3 nitrogen and oxygen atoms in total. The Labute approximate surface area is 97.2 Å². The van der Waals surface area contributed by atoms with Crippen molar-refractivity contribution in [1.29, 1.82) is 0 Å². The van der Waals surface area contributed by atoms with Gasteiger partial charge in [0, 0.05) is 0 Å². The van der Waals surface area contributed by atoms with Crippen molar-refractivity contribution in [2.45, 2.75) is 58.4 Å². The van der Waals surface area contributed by atoms with Crippen LogP contribution in [0.15, 0.2) is 0 Å². The summed E-state index contributed by atoms with van der Waals surface area (Å²) in [5.41, 5.74) is 2.71. The lowest BCUT2D eigenvalue weighted by atomic mass is 10.0. The highest BCUT2D eigenvalue weighted by molar-refractivity contribution is 5.14. The molecule has 1 fully saturated rings. The number of hydrogen-bond donors (Lipinski definition) is 0. The van der Waals surface area contributed by atoms with Crippen LogP contribution in [0.1, 0.15) is 57.0 Å². The van der Waals surface area contributed by atoms with Crippen molar-refractivity contribution in [3.63, 3.8) is 0 Å².